The normalized spacial score (nSPS) is 13.7. The first-order chi connectivity index (χ1) is 17.9. The van der Waals surface area contributed by atoms with Crippen molar-refractivity contribution in [2.75, 3.05) is 19.0 Å². The average Bonchev–Trinajstić information content (AvgIpc) is 2.90. The Morgan fingerprint density at radius 3 is 2.68 bits per heavy atom. The van der Waals surface area contributed by atoms with E-state index in [0.29, 0.717) is 38.5 Å². The summed E-state index contributed by atoms with van der Waals surface area (Å²) in [7, 11) is 1.48. The number of carboxylic acids is 1. The SMILES string of the molecule is COc1cccc([C@H]2Nc3ccccc3-c3c(=O)[nH]c(SCc4ccc(Cl)cc4)n[n+]32)c1OCC(=O)O. The minimum Gasteiger partial charge on any atom is -0.493 e. The van der Waals surface area contributed by atoms with Crippen LogP contribution in [0.2, 0.25) is 5.02 Å². The van der Waals surface area contributed by atoms with E-state index in [4.69, 9.17) is 26.2 Å². The zero-order valence-corrected chi connectivity index (χ0v) is 21.2. The summed E-state index contributed by atoms with van der Waals surface area (Å²) in [5.74, 6) is 0.0616. The first kappa shape index (κ1) is 24.7. The molecule has 3 N–H and O–H groups in total. The maximum absolute atomic E-state index is 13.4. The second kappa shape index (κ2) is 10.5. The molecule has 0 aliphatic carbocycles. The van der Waals surface area contributed by atoms with Crippen LogP contribution in [-0.4, -0.2) is 34.9 Å². The number of carboxylic acid groups (broad SMARTS) is 1. The molecule has 5 rings (SSSR count). The number of anilines is 1. The van der Waals surface area contributed by atoms with E-state index in [-0.39, 0.29) is 11.3 Å². The quantitative estimate of drug-likeness (QED) is 0.227. The standard InChI is InChI=1S/C26H21ClN4O5S/c1-35-20-8-4-6-18(23(20)36-13-21(32)33)24-28-19-7-3-2-5-17(19)22-25(34)29-26(30-31(22)24)37-14-15-9-11-16(27)12-10-15/h2-12,24H,13-14H2,1H3,(H2,29,30,32,33,34)/p+1/t24-/m0/s1. The van der Waals surface area contributed by atoms with Gasteiger partial charge in [-0.3, -0.25) is 9.78 Å². The summed E-state index contributed by atoms with van der Waals surface area (Å²) in [6.07, 6.45) is -0.680. The van der Waals surface area contributed by atoms with Crippen molar-refractivity contribution in [1.29, 1.82) is 0 Å². The van der Waals surface area contributed by atoms with Crippen molar-refractivity contribution in [3.63, 3.8) is 0 Å². The fraction of sp³-hybridized carbons (Fsp3) is 0.154. The van der Waals surface area contributed by atoms with Crippen LogP contribution in [0.1, 0.15) is 17.3 Å². The molecule has 2 heterocycles. The van der Waals surface area contributed by atoms with Gasteiger partial charge in [0.1, 0.15) is 0 Å². The number of H-pyrrole nitrogens is 1. The van der Waals surface area contributed by atoms with Crippen LogP contribution in [-0.2, 0) is 10.5 Å². The van der Waals surface area contributed by atoms with E-state index in [1.54, 1.807) is 22.9 Å². The van der Waals surface area contributed by atoms with Crippen LogP contribution >= 0.6 is 23.4 Å². The maximum Gasteiger partial charge on any atom is 0.341 e. The smallest absolute Gasteiger partial charge is 0.341 e. The van der Waals surface area contributed by atoms with Gasteiger partial charge in [0.2, 0.25) is 5.16 Å². The van der Waals surface area contributed by atoms with Gasteiger partial charge < -0.3 is 19.9 Å². The molecule has 3 aromatic carbocycles. The van der Waals surface area contributed by atoms with E-state index in [0.717, 1.165) is 11.3 Å². The van der Waals surface area contributed by atoms with Crippen molar-refractivity contribution >= 4 is 35.0 Å². The van der Waals surface area contributed by atoms with Gasteiger partial charge in [0.15, 0.2) is 18.1 Å². The lowest BCUT2D eigenvalue weighted by Crippen LogP contribution is -2.55. The van der Waals surface area contributed by atoms with Gasteiger partial charge in [-0.05, 0) is 46.6 Å². The summed E-state index contributed by atoms with van der Waals surface area (Å²) in [5, 5.41) is 18.5. The van der Waals surface area contributed by atoms with Gasteiger partial charge in [0, 0.05) is 15.9 Å². The Morgan fingerprint density at radius 1 is 1.14 bits per heavy atom. The Hall–Kier alpha value is -4.02. The molecule has 11 heteroatoms. The number of thioether (sulfide) groups is 1. The van der Waals surface area contributed by atoms with Gasteiger partial charge in [-0.2, -0.15) is 0 Å². The first-order valence-electron chi connectivity index (χ1n) is 11.3. The summed E-state index contributed by atoms with van der Waals surface area (Å²) < 4.78 is 12.7. The molecule has 0 bridgehead atoms. The van der Waals surface area contributed by atoms with E-state index in [2.05, 4.69) is 10.3 Å². The minimum absolute atomic E-state index is 0.250. The Kier molecular flexibility index (Phi) is 7.02. The number of nitrogens with zero attached hydrogens (tertiary/aromatic N) is 2. The molecule has 0 spiro atoms. The van der Waals surface area contributed by atoms with E-state index in [9.17, 15) is 14.7 Å². The molecular formula is C26H22ClN4O5S+. The lowest BCUT2D eigenvalue weighted by atomic mass is 10.0. The number of fused-ring (bicyclic) bond motifs is 3. The molecule has 188 valence electrons. The lowest BCUT2D eigenvalue weighted by Gasteiger charge is -2.24. The van der Waals surface area contributed by atoms with Gasteiger partial charge in [0.05, 0.1) is 23.9 Å². The third-order valence-electron chi connectivity index (χ3n) is 5.73. The molecule has 0 amide bonds. The molecule has 1 aliphatic heterocycles. The van der Waals surface area contributed by atoms with Crippen LogP contribution in [0.4, 0.5) is 5.69 Å². The van der Waals surface area contributed by atoms with E-state index < -0.39 is 18.7 Å². The van der Waals surface area contributed by atoms with E-state index in [1.807, 2.05) is 48.5 Å². The Morgan fingerprint density at radius 2 is 1.92 bits per heavy atom. The second-order valence-electron chi connectivity index (χ2n) is 8.12. The van der Waals surface area contributed by atoms with Gasteiger partial charge in [-0.15, -0.1) is 0 Å². The van der Waals surface area contributed by atoms with Crippen LogP contribution in [0.3, 0.4) is 0 Å². The highest BCUT2D eigenvalue weighted by atomic mass is 35.5. The highest BCUT2D eigenvalue weighted by Gasteiger charge is 2.39. The topological polar surface area (TPSA) is 117 Å². The van der Waals surface area contributed by atoms with Crippen molar-refractivity contribution in [2.45, 2.75) is 17.1 Å². The third kappa shape index (κ3) is 5.11. The van der Waals surface area contributed by atoms with Crippen molar-refractivity contribution < 1.29 is 24.1 Å². The number of benzene rings is 3. The number of para-hydroxylation sites is 2. The molecule has 9 nitrogen and oxygen atoms in total. The molecule has 1 aromatic heterocycles. The predicted molar refractivity (Wildman–Crippen MR) is 139 cm³/mol. The fourth-order valence-corrected chi connectivity index (χ4v) is 5.03. The molecule has 37 heavy (non-hydrogen) atoms. The number of rotatable bonds is 8. The average molecular weight is 538 g/mol. The minimum atomic E-state index is -1.12. The van der Waals surface area contributed by atoms with Gasteiger partial charge >= 0.3 is 17.2 Å². The summed E-state index contributed by atoms with van der Waals surface area (Å²) >= 11 is 7.37. The second-order valence-corrected chi connectivity index (χ2v) is 9.52. The third-order valence-corrected chi connectivity index (χ3v) is 6.92. The van der Waals surface area contributed by atoms with Crippen LogP contribution in [0.25, 0.3) is 11.3 Å². The molecule has 4 aromatic rings. The van der Waals surface area contributed by atoms with E-state index in [1.165, 1.54) is 18.9 Å². The molecule has 0 fully saturated rings. The van der Waals surface area contributed by atoms with Crippen LogP contribution in [0, 0.1) is 0 Å². The first-order valence-corrected chi connectivity index (χ1v) is 12.6. The van der Waals surface area contributed by atoms with Crippen LogP contribution < -0.4 is 25.0 Å². The molecular weight excluding hydrogens is 516 g/mol. The Labute approximate surface area is 221 Å². The van der Waals surface area contributed by atoms with Crippen molar-refractivity contribution in [3.05, 3.63) is 93.2 Å². The molecule has 1 aliphatic rings. The predicted octanol–water partition coefficient (Wildman–Crippen LogP) is 4.11. The largest absolute Gasteiger partial charge is 0.493 e. The van der Waals surface area contributed by atoms with Crippen LogP contribution in [0.15, 0.2) is 76.7 Å². The number of hydrogen-bond acceptors (Lipinski definition) is 7. The maximum atomic E-state index is 13.4. The lowest BCUT2D eigenvalue weighted by molar-refractivity contribution is -0.759. The van der Waals surface area contributed by atoms with E-state index >= 15 is 0 Å². The summed E-state index contributed by atoms with van der Waals surface area (Å²) in [6, 6.07) is 20.1. The summed E-state index contributed by atoms with van der Waals surface area (Å²) in [4.78, 5) is 27.6. The highest BCUT2D eigenvalue weighted by Crippen LogP contribution is 2.38. The molecule has 0 radical (unpaired) electrons. The number of hydrogen-bond donors (Lipinski definition) is 3. The number of aromatic nitrogens is 3. The number of aliphatic carboxylic acids is 1. The highest BCUT2D eigenvalue weighted by molar-refractivity contribution is 7.98. The Balaban J connectivity index is 1.61. The Bertz CT molecular complexity index is 1530. The van der Waals surface area contributed by atoms with Gasteiger partial charge in [-0.1, -0.05) is 53.7 Å². The molecule has 0 saturated carbocycles. The molecule has 0 unspecified atom stereocenters. The van der Waals surface area contributed by atoms with Crippen molar-refractivity contribution in [3.8, 4) is 22.8 Å². The van der Waals surface area contributed by atoms with Gasteiger partial charge in [0.25, 0.3) is 6.17 Å². The number of methoxy groups -OCH3 is 1. The monoisotopic (exact) mass is 537 g/mol. The van der Waals surface area contributed by atoms with Crippen LogP contribution in [0.5, 0.6) is 11.5 Å². The van der Waals surface area contributed by atoms with Crippen molar-refractivity contribution in [2.24, 2.45) is 0 Å². The number of carbonyl (C=O) groups is 1. The molecule has 1 atom stereocenters. The number of nitrogens with one attached hydrogen (secondary N) is 2. The number of halogens is 1. The zero-order valence-electron chi connectivity index (χ0n) is 19.6. The zero-order chi connectivity index (χ0) is 25.9. The summed E-state index contributed by atoms with van der Waals surface area (Å²) in [6.45, 7) is -0.556. The van der Waals surface area contributed by atoms with Crippen molar-refractivity contribution in [1.82, 2.24) is 10.1 Å². The van der Waals surface area contributed by atoms with Gasteiger partial charge in [-0.25, -0.2) is 4.79 Å². The summed E-state index contributed by atoms with van der Waals surface area (Å²) in [5.41, 5.74) is 3.07. The molecule has 0 saturated heterocycles. The number of ether oxygens (including phenoxy) is 2. The number of aromatic amines is 1. The fourth-order valence-electron chi connectivity index (χ4n) is 4.09.